The zero-order valence-electron chi connectivity index (χ0n) is 19.5. The molecule has 0 N–H and O–H groups in total. The molecule has 3 nitrogen and oxygen atoms in total. The molecular formula is C26H29F4NO2S2. The second-order valence-corrected chi connectivity index (χ2v) is 11.4. The molecule has 2 saturated heterocycles. The van der Waals surface area contributed by atoms with Gasteiger partial charge in [-0.15, -0.1) is 23.5 Å². The third kappa shape index (κ3) is 6.74. The molecule has 190 valence electrons. The second-order valence-electron chi connectivity index (χ2n) is 8.73. The lowest BCUT2D eigenvalue weighted by atomic mass is 9.95. The van der Waals surface area contributed by atoms with E-state index in [-0.39, 0.29) is 17.9 Å². The average molecular weight is 528 g/mol. The molecule has 2 aromatic rings. The summed E-state index contributed by atoms with van der Waals surface area (Å²) in [6, 6.07) is 7.03. The third-order valence-electron chi connectivity index (χ3n) is 6.34. The van der Waals surface area contributed by atoms with E-state index >= 15 is 0 Å². The number of allylic oxidation sites excluding steroid dienone is 1. The number of hydrogen-bond acceptors (Lipinski definition) is 5. The number of rotatable bonds is 8. The largest absolute Gasteiger partial charge is 0.491 e. The molecule has 2 aliphatic rings. The van der Waals surface area contributed by atoms with Gasteiger partial charge in [-0.3, -0.25) is 4.98 Å². The number of ether oxygens (including phenoxy) is 2. The van der Waals surface area contributed by atoms with E-state index in [0.29, 0.717) is 42.3 Å². The fraction of sp³-hybridized carbons (Fsp3) is 0.500. The van der Waals surface area contributed by atoms with Crippen LogP contribution >= 0.6 is 23.5 Å². The quantitative estimate of drug-likeness (QED) is 0.331. The fourth-order valence-corrected chi connectivity index (χ4v) is 7.83. The minimum absolute atomic E-state index is 0.0690. The molecule has 3 heterocycles. The number of hydrogen-bond donors (Lipinski definition) is 0. The van der Waals surface area contributed by atoms with Crippen LogP contribution in [0.15, 0.2) is 42.6 Å². The van der Waals surface area contributed by atoms with Crippen molar-refractivity contribution in [3.05, 3.63) is 71.1 Å². The van der Waals surface area contributed by atoms with Gasteiger partial charge in [-0.2, -0.15) is 13.2 Å². The van der Waals surface area contributed by atoms with Gasteiger partial charge in [0.2, 0.25) is 5.82 Å². The molecule has 1 aromatic heterocycles. The highest BCUT2D eigenvalue weighted by Gasteiger charge is 2.34. The summed E-state index contributed by atoms with van der Waals surface area (Å²) in [5, 5.41) is 0. The van der Waals surface area contributed by atoms with Crippen molar-refractivity contribution in [1.82, 2.24) is 4.98 Å². The number of pyridine rings is 1. The first-order chi connectivity index (χ1) is 17.0. The Bertz CT molecular complexity index is 1000. The third-order valence-corrected chi connectivity index (χ3v) is 9.77. The molecule has 2 aliphatic heterocycles. The van der Waals surface area contributed by atoms with Crippen molar-refractivity contribution >= 4 is 23.5 Å². The van der Waals surface area contributed by atoms with E-state index in [9.17, 15) is 17.6 Å². The molecule has 35 heavy (non-hydrogen) atoms. The summed E-state index contributed by atoms with van der Waals surface area (Å²) in [7, 11) is 0. The predicted octanol–water partition coefficient (Wildman–Crippen LogP) is 7.53. The van der Waals surface area contributed by atoms with Crippen LogP contribution in [0.2, 0.25) is 0 Å². The fourth-order valence-electron chi connectivity index (χ4n) is 4.43. The van der Waals surface area contributed by atoms with Crippen molar-refractivity contribution in [3.8, 4) is 5.75 Å². The smallest absolute Gasteiger partial charge is 0.266 e. The Balaban J connectivity index is 1.25. The van der Waals surface area contributed by atoms with E-state index in [0.717, 1.165) is 35.3 Å². The summed E-state index contributed by atoms with van der Waals surface area (Å²) in [5.74, 6) is 0.714. The zero-order chi connectivity index (χ0) is 24.8. The van der Waals surface area contributed by atoms with E-state index in [1.54, 1.807) is 19.2 Å². The van der Waals surface area contributed by atoms with E-state index in [2.05, 4.69) is 4.98 Å². The van der Waals surface area contributed by atoms with Gasteiger partial charge >= 0.3 is 0 Å². The molecule has 0 spiro atoms. The summed E-state index contributed by atoms with van der Waals surface area (Å²) in [5.41, 5.74) is 2.25. The molecule has 0 amide bonds. The normalized spacial score (nSPS) is 24.7. The monoisotopic (exact) mass is 527 g/mol. The standard InChI is InChI=1S/C26H29F4NO2S2/c1-2-32-22-11-8-19(24(29)25(22)30)21-10-7-17(13-33-21)26-34-14-18(15-35-26)20-9-6-16(12-31-20)4-3-5-23(27)28/h5-6,8-9,11-12,17-18,21,26H,2-4,7,10,13-15H2,1H3. The van der Waals surface area contributed by atoms with Crippen molar-refractivity contribution in [3.63, 3.8) is 0 Å². The number of aromatic nitrogens is 1. The minimum atomic E-state index is -1.64. The van der Waals surface area contributed by atoms with Crippen LogP contribution in [0.25, 0.3) is 0 Å². The van der Waals surface area contributed by atoms with Gasteiger partial charge in [0.1, 0.15) is 0 Å². The Morgan fingerprint density at radius 2 is 1.91 bits per heavy atom. The van der Waals surface area contributed by atoms with Crippen LogP contribution in [-0.4, -0.2) is 34.3 Å². The SMILES string of the molecule is CCOc1ccc(C2CCC(C3SCC(c4ccc(CCC=C(F)F)cn4)CS3)CO2)c(F)c1F. The van der Waals surface area contributed by atoms with E-state index in [1.165, 1.54) is 6.07 Å². The molecule has 0 bridgehead atoms. The predicted molar refractivity (Wildman–Crippen MR) is 133 cm³/mol. The molecule has 4 rings (SSSR count). The van der Waals surface area contributed by atoms with E-state index < -0.39 is 23.8 Å². The molecule has 1 aromatic carbocycles. The van der Waals surface area contributed by atoms with Crippen LogP contribution in [0.5, 0.6) is 5.75 Å². The molecule has 0 radical (unpaired) electrons. The summed E-state index contributed by atoms with van der Waals surface area (Å²) in [4.78, 5) is 4.58. The number of benzene rings is 1. The van der Waals surface area contributed by atoms with Gasteiger partial charge in [-0.05, 0) is 62.4 Å². The van der Waals surface area contributed by atoms with Crippen LogP contribution < -0.4 is 4.74 Å². The molecule has 0 aliphatic carbocycles. The average Bonchev–Trinajstić information content (AvgIpc) is 2.88. The van der Waals surface area contributed by atoms with Gasteiger partial charge in [-0.1, -0.05) is 6.07 Å². The Morgan fingerprint density at radius 3 is 2.54 bits per heavy atom. The van der Waals surface area contributed by atoms with Gasteiger partial charge in [0.05, 0.1) is 23.9 Å². The molecule has 2 fully saturated rings. The van der Waals surface area contributed by atoms with E-state index in [4.69, 9.17) is 9.47 Å². The van der Waals surface area contributed by atoms with Gasteiger partial charge < -0.3 is 9.47 Å². The van der Waals surface area contributed by atoms with Crippen LogP contribution in [0.3, 0.4) is 0 Å². The number of thioether (sulfide) groups is 2. The Labute approximate surface area is 212 Å². The lowest BCUT2D eigenvalue weighted by Gasteiger charge is -2.37. The maximum Gasteiger partial charge on any atom is 0.266 e. The van der Waals surface area contributed by atoms with Gasteiger partial charge in [-0.25, -0.2) is 4.39 Å². The zero-order valence-corrected chi connectivity index (χ0v) is 21.2. The van der Waals surface area contributed by atoms with Gasteiger partial charge in [0.15, 0.2) is 11.6 Å². The number of nitrogens with zero attached hydrogens (tertiary/aromatic N) is 1. The Morgan fingerprint density at radius 1 is 1.11 bits per heavy atom. The first-order valence-electron chi connectivity index (χ1n) is 11.9. The summed E-state index contributed by atoms with van der Waals surface area (Å²) in [6.45, 7) is 2.53. The lowest BCUT2D eigenvalue weighted by molar-refractivity contribution is -0.0151. The van der Waals surface area contributed by atoms with Gasteiger partial charge in [0.25, 0.3) is 6.08 Å². The lowest BCUT2D eigenvalue weighted by Crippen LogP contribution is -2.30. The highest BCUT2D eigenvalue weighted by atomic mass is 32.2. The van der Waals surface area contributed by atoms with Crippen LogP contribution in [0, 0.1) is 17.6 Å². The number of aryl methyl sites for hydroxylation is 1. The Hall–Kier alpha value is -1.71. The van der Waals surface area contributed by atoms with Crippen molar-refractivity contribution in [2.75, 3.05) is 24.7 Å². The number of halogens is 4. The van der Waals surface area contributed by atoms with Crippen molar-refractivity contribution in [2.24, 2.45) is 5.92 Å². The molecule has 9 heteroatoms. The van der Waals surface area contributed by atoms with Crippen LogP contribution in [0.1, 0.15) is 55.0 Å². The highest BCUT2D eigenvalue weighted by Crippen LogP contribution is 2.45. The van der Waals surface area contributed by atoms with Crippen molar-refractivity contribution in [1.29, 1.82) is 0 Å². The minimum Gasteiger partial charge on any atom is -0.491 e. The Kier molecular flexibility index (Phi) is 9.41. The summed E-state index contributed by atoms with van der Waals surface area (Å²) < 4.78 is 64.7. The molecule has 2 atom stereocenters. The van der Waals surface area contributed by atoms with Crippen molar-refractivity contribution in [2.45, 2.75) is 49.2 Å². The highest BCUT2D eigenvalue weighted by molar-refractivity contribution is 8.17. The molecule has 2 unspecified atom stereocenters. The second kappa shape index (κ2) is 12.5. The maximum absolute atomic E-state index is 14.6. The molecule has 0 saturated carbocycles. The first kappa shape index (κ1) is 26.4. The van der Waals surface area contributed by atoms with Crippen LogP contribution in [0.4, 0.5) is 17.6 Å². The topological polar surface area (TPSA) is 31.4 Å². The molecular weight excluding hydrogens is 498 g/mol. The van der Waals surface area contributed by atoms with Crippen molar-refractivity contribution < 1.29 is 27.0 Å². The van der Waals surface area contributed by atoms with E-state index in [1.807, 2.05) is 35.7 Å². The van der Waals surface area contributed by atoms with Crippen LogP contribution in [-0.2, 0) is 11.2 Å². The summed E-state index contributed by atoms with van der Waals surface area (Å²) >= 11 is 3.81. The first-order valence-corrected chi connectivity index (χ1v) is 14.0. The van der Waals surface area contributed by atoms with Gasteiger partial charge in [0, 0.05) is 40.8 Å². The summed E-state index contributed by atoms with van der Waals surface area (Å²) in [6.07, 6.45) is 3.06. The maximum atomic E-state index is 14.6.